The fraction of sp³-hybridized carbons (Fsp3) is 0.280. The molecule has 1 amide bonds. The van der Waals surface area contributed by atoms with Gasteiger partial charge in [0.2, 0.25) is 5.91 Å². The zero-order chi connectivity index (χ0) is 25.6. The first-order valence-corrected chi connectivity index (χ1v) is 11.2. The number of halogens is 2. The summed E-state index contributed by atoms with van der Waals surface area (Å²) in [6, 6.07) is 2.58. The van der Waals surface area contributed by atoms with Gasteiger partial charge in [-0.05, 0) is 24.5 Å². The van der Waals surface area contributed by atoms with E-state index in [-0.39, 0.29) is 35.0 Å². The van der Waals surface area contributed by atoms with Crippen LogP contribution in [0.5, 0.6) is 0 Å². The number of ether oxygens (including phenoxy) is 1. The Balaban J connectivity index is 1.59. The van der Waals surface area contributed by atoms with Gasteiger partial charge < -0.3 is 19.9 Å². The van der Waals surface area contributed by atoms with Crippen LogP contribution in [0.2, 0.25) is 0 Å². The Labute approximate surface area is 205 Å². The van der Waals surface area contributed by atoms with Crippen LogP contribution in [0.15, 0.2) is 37.3 Å². The molecule has 2 atom stereocenters. The molecule has 0 aliphatic carbocycles. The first-order chi connectivity index (χ1) is 17.3. The molecule has 0 saturated carbocycles. The van der Waals surface area contributed by atoms with E-state index in [1.54, 1.807) is 36.0 Å². The Bertz CT molecular complexity index is 1580. The number of benzene rings is 1. The number of nitrogen functional groups attached to an aromatic ring is 1. The number of anilines is 1. The minimum Gasteiger partial charge on any atom is -0.383 e. The van der Waals surface area contributed by atoms with Crippen LogP contribution < -0.4 is 5.73 Å². The third kappa shape index (κ3) is 3.76. The Kier molecular flexibility index (Phi) is 5.89. The van der Waals surface area contributed by atoms with Crippen LogP contribution in [-0.2, 0) is 16.6 Å². The van der Waals surface area contributed by atoms with Crippen molar-refractivity contribution >= 4 is 33.7 Å². The molecule has 4 heterocycles. The van der Waals surface area contributed by atoms with Crippen LogP contribution in [0, 0.1) is 23.5 Å². The van der Waals surface area contributed by atoms with Gasteiger partial charge in [0.15, 0.2) is 5.82 Å². The molecule has 1 aliphatic heterocycles. The summed E-state index contributed by atoms with van der Waals surface area (Å²) in [6.07, 6.45) is 4.81. The van der Waals surface area contributed by atoms with Gasteiger partial charge in [-0.2, -0.15) is 5.10 Å². The molecule has 11 heteroatoms. The van der Waals surface area contributed by atoms with Gasteiger partial charge in [0, 0.05) is 33.0 Å². The smallest absolute Gasteiger partial charge is 0.246 e. The fourth-order valence-corrected chi connectivity index (χ4v) is 4.72. The Morgan fingerprint density at radius 3 is 2.89 bits per heavy atom. The molecule has 36 heavy (non-hydrogen) atoms. The molecule has 4 aromatic rings. The number of nitrogens with zero attached hydrogens (tertiary/aromatic N) is 6. The summed E-state index contributed by atoms with van der Waals surface area (Å²) in [4.78, 5) is 22.2. The van der Waals surface area contributed by atoms with E-state index < -0.39 is 17.2 Å². The fourth-order valence-electron chi connectivity index (χ4n) is 4.72. The molecule has 0 spiro atoms. The minimum absolute atomic E-state index is 0.0295. The number of fused-ring (bicyclic) bond motifs is 2. The molecule has 184 valence electrons. The summed E-state index contributed by atoms with van der Waals surface area (Å²) in [5.41, 5.74) is 6.99. The predicted octanol–water partition coefficient (Wildman–Crippen LogP) is 2.55. The molecule has 3 aromatic heterocycles. The zero-order valence-corrected chi connectivity index (χ0v) is 19.7. The van der Waals surface area contributed by atoms with Crippen molar-refractivity contribution in [3.63, 3.8) is 0 Å². The number of methoxy groups -OCH3 is 1. The summed E-state index contributed by atoms with van der Waals surface area (Å²) in [5, 5.41) is 5.11. The van der Waals surface area contributed by atoms with E-state index in [4.69, 9.17) is 10.5 Å². The van der Waals surface area contributed by atoms with Gasteiger partial charge >= 0.3 is 0 Å². The second kappa shape index (κ2) is 9.05. The van der Waals surface area contributed by atoms with Crippen molar-refractivity contribution in [2.45, 2.75) is 18.5 Å². The second-order valence-electron chi connectivity index (χ2n) is 8.60. The molecule has 2 N–H and O–H groups in total. The number of hydrogen-bond acceptors (Lipinski definition) is 6. The van der Waals surface area contributed by atoms with Crippen LogP contribution in [-0.4, -0.2) is 61.4 Å². The van der Waals surface area contributed by atoms with E-state index in [0.29, 0.717) is 36.0 Å². The molecule has 1 unspecified atom stereocenters. The monoisotopic (exact) mass is 491 g/mol. The van der Waals surface area contributed by atoms with Crippen molar-refractivity contribution in [2.24, 2.45) is 7.05 Å². The number of nitrogens with two attached hydrogens (primary N) is 1. The first-order valence-electron chi connectivity index (χ1n) is 11.2. The van der Waals surface area contributed by atoms with E-state index in [2.05, 4.69) is 33.5 Å². The van der Waals surface area contributed by atoms with E-state index in [9.17, 15) is 9.18 Å². The number of pyridine rings is 1. The number of hydrogen-bond donors (Lipinski definition) is 1. The normalized spacial score (nSPS) is 17.5. The Morgan fingerprint density at radius 2 is 2.14 bits per heavy atom. The van der Waals surface area contributed by atoms with Gasteiger partial charge in [-0.3, -0.25) is 9.48 Å². The van der Waals surface area contributed by atoms with Crippen LogP contribution in [0.1, 0.15) is 23.7 Å². The van der Waals surface area contributed by atoms with Crippen LogP contribution >= 0.6 is 0 Å². The molecule has 1 aliphatic rings. The number of likely N-dealkylation sites (tertiary alicyclic amines) is 1. The average Bonchev–Trinajstić information content (AvgIpc) is 3.55. The largest absolute Gasteiger partial charge is 0.383 e. The molecule has 9 nitrogen and oxygen atoms in total. The van der Waals surface area contributed by atoms with Crippen LogP contribution in [0.4, 0.5) is 14.6 Å². The zero-order valence-electron chi connectivity index (χ0n) is 19.7. The van der Waals surface area contributed by atoms with Gasteiger partial charge in [-0.25, -0.2) is 18.7 Å². The van der Waals surface area contributed by atoms with Gasteiger partial charge in [-0.15, -0.1) is 0 Å². The lowest BCUT2D eigenvalue weighted by atomic mass is 10.1. The standard InChI is InChI=1S/C25H23F2N7O2/c1-4-21(35)33-11-14(9-15(33)12-36-3)34-19-7-8-29-25(28)22(19)18(31-34)6-5-16-17(26)10-20-24(23(16)27)30-13-32(20)2/h4,7-8,10,13-15H,1,9,11-12H2,2-3H3,(H2,28,29)/t14?,15-/m1/s1. The van der Waals surface area contributed by atoms with Crippen LogP contribution in [0.3, 0.4) is 0 Å². The van der Waals surface area contributed by atoms with E-state index >= 15 is 4.39 Å². The molecule has 0 bridgehead atoms. The summed E-state index contributed by atoms with van der Waals surface area (Å²) < 4.78 is 38.3. The average molecular weight is 492 g/mol. The van der Waals surface area contributed by atoms with Gasteiger partial charge in [-0.1, -0.05) is 12.5 Å². The SMILES string of the molecule is C=CC(=O)N1CC(n2nc(C#Cc3c(F)cc4c(ncn4C)c3F)c3c(N)nccc32)C[C@@H]1COC. The van der Waals surface area contributed by atoms with Crippen LogP contribution in [0.25, 0.3) is 21.9 Å². The second-order valence-corrected chi connectivity index (χ2v) is 8.60. The maximum Gasteiger partial charge on any atom is 0.246 e. The topological polar surface area (TPSA) is 104 Å². The maximum absolute atomic E-state index is 15.0. The molecular weight excluding hydrogens is 468 g/mol. The Morgan fingerprint density at radius 1 is 1.33 bits per heavy atom. The van der Waals surface area contributed by atoms with E-state index in [1.807, 2.05) is 0 Å². The highest BCUT2D eigenvalue weighted by Gasteiger charge is 2.36. The van der Waals surface area contributed by atoms with Crippen molar-refractivity contribution in [2.75, 3.05) is 26.0 Å². The Hall–Kier alpha value is -4.30. The van der Waals surface area contributed by atoms with Crippen molar-refractivity contribution < 1.29 is 18.3 Å². The van der Waals surface area contributed by atoms with Crippen molar-refractivity contribution in [1.82, 2.24) is 29.2 Å². The lowest BCUT2D eigenvalue weighted by molar-refractivity contribution is -0.127. The molecule has 0 radical (unpaired) electrons. The third-order valence-corrected chi connectivity index (χ3v) is 6.42. The highest BCUT2D eigenvalue weighted by atomic mass is 19.1. The number of carbonyl (C=O) groups excluding carboxylic acids is 1. The number of carbonyl (C=O) groups is 1. The molecule has 1 aromatic carbocycles. The van der Waals surface area contributed by atoms with Gasteiger partial charge in [0.05, 0.1) is 47.0 Å². The van der Waals surface area contributed by atoms with Gasteiger partial charge in [0.1, 0.15) is 22.8 Å². The minimum atomic E-state index is -0.843. The highest BCUT2D eigenvalue weighted by molar-refractivity contribution is 5.93. The quantitative estimate of drug-likeness (QED) is 0.348. The number of aryl methyl sites for hydroxylation is 1. The lowest BCUT2D eigenvalue weighted by Gasteiger charge is -2.22. The summed E-state index contributed by atoms with van der Waals surface area (Å²) >= 11 is 0. The highest BCUT2D eigenvalue weighted by Crippen LogP contribution is 2.33. The molecule has 5 rings (SSSR count). The maximum atomic E-state index is 15.0. The number of imidazole rings is 1. The molecule has 1 saturated heterocycles. The van der Waals surface area contributed by atoms with Crippen molar-refractivity contribution in [1.29, 1.82) is 0 Å². The third-order valence-electron chi connectivity index (χ3n) is 6.42. The van der Waals surface area contributed by atoms with Crippen molar-refractivity contribution in [3.8, 4) is 11.8 Å². The van der Waals surface area contributed by atoms with Gasteiger partial charge in [0.25, 0.3) is 0 Å². The first kappa shape index (κ1) is 23.4. The lowest BCUT2D eigenvalue weighted by Crippen LogP contribution is -2.37. The summed E-state index contributed by atoms with van der Waals surface area (Å²) in [5.74, 6) is 3.71. The predicted molar refractivity (Wildman–Crippen MR) is 130 cm³/mol. The van der Waals surface area contributed by atoms with E-state index in [1.165, 1.54) is 23.0 Å². The molecular formula is C25H23F2N7O2. The van der Waals surface area contributed by atoms with Crippen molar-refractivity contribution in [3.05, 3.63) is 60.2 Å². The number of aromatic nitrogens is 5. The molecule has 1 fully saturated rings. The summed E-state index contributed by atoms with van der Waals surface area (Å²) in [7, 11) is 3.23. The van der Waals surface area contributed by atoms with E-state index in [0.717, 1.165) is 0 Å². The number of amides is 1. The summed E-state index contributed by atoms with van der Waals surface area (Å²) in [6.45, 7) is 4.33. The number of rotatable bonds is 4.